The van der Waals surface area contributed by atoms with E-state index in [0.717, 1.165) is 18.4 Å². The summed E-state index contributed by atoms with van der Waals surface area (Å²) in [5.74, 6) is 0.485. The summed E-state index contributed by atoms with van der Waals surface area (Å²) in [7, 11) is 0. The van der Waals surface area contributed by atoms with Crippen LogP contribution in [-0.4, -0.2) is 197 Å². The molecule has 0 spiro atoms. The summed E-state index contributed by atoms with van der Waals surface area (Å²) in [6, 6.07) is 0. The quantitative estimate of drug-likeness (QED) is 0.0944. The Hall–Kier alpha value is -1.31. The van der Waals surface area contributed by atoms with E-state index < -0.39 is 141 Å². The number of Topliss-reactive ketones (excluding diaryl/α,β-unsaturated/α-hetero) is 1. The van der Waals surface area contributed by atoms with Crippen LogP contribution in [0.2, 0.25) is 0 Å². The van der Waals surface area contributed by atoms with Crippen LogP contribution in [0.3, 0.4) is 0 Å². The molecule has 6 fully saturated rings. The monoisotopic (exact) mass is 961 g/mol. The Balaban J connectivity index is 1.02. The third-order valence-electron chi connectivity index (χ3n) is 18.4. The van der Waals surface area contributed by atoms with Gasteiger partial charge in [-0.05, 0) is 93.3 Å². The lowest BCUT2D eigenvalue weighted by molar-refractivity contribution is -0.341. The van der Waals surface area contributed by atoms with Crippen LogP contribution >= 0.6 is 0 Å². The first-order valence-corrected chi connectivity index (χ1v) is 24.4. The van der Waals surface area contributed by atoms with Crippen LogP contribution in [0.5, 0.6) is 0 Å². The lowest BCUT2D eigenvalue weighted by Crippen LogP contribution is -2.64. The van der Waals surface area contributed by atoms with E-state index >= 15 is 4.79 Å². The van der Waals surface area contributed by atoms with Gasteiger partial charge in [0.2, 0.25) is 0 Å². The molecule has 3 heterocycles. The fourth-order valence-corrected chi connectivity index (χ4v) is 13.9. The molecule has 0 aromatic carbocycles. The highest BCUT2D eigenvalue weighted by atomic mass is 16.7. The van der Waals surface area contributed by atoms with E-state index in [-0.39, 0.29) is 40.3 Å². The Kier molecular flexibility index (Phi) is 15.7. The van der Waals surface area contributed by atoms with Gasteiger partial charge in [0.25, 0.3) is 0 Å². The van der Waals surface area contributed by atoms with Crippen LogP contribution in [0.15, 0.2) is 11.6 Å². The van der Waals surface area contributed by atoms with Crippen molar-refractivity contribution < 1.29 is 94.5 Å². The van der Waals surface area contributed by atoms with E-state index in [2.05, 4.69) is 47.6 Å². The highest BCUT2D eigenvalue weighted by Crippen LogP contribution is 2.74. The number of rotatable bonds is 14. The van der Waals surface area contributed by atoms with Crippen molar-refractivity contribution in [3.8, 4) is 0 Å². The van der Waals surface area contributed by atoms with Gasteiger partial charge in [-0.25, -0.2) is 0 Å². The fourth-order valence-electron chi connectivity index (χ4n) is 13.9. The standard InChI is InChI=1S/C48H80O19/c1-21(9-13-31(45(4,5)61)67-43-40(60)37(57)34(54)27(65-43)20-62-41-38(58)35(55)32(52)25(18-49)63-41)22-15-16-46(6)28-12-10-23-24(48(28,8)29(51)17-47(22,46)7)11-14-30(44(23,2)3)66-42-39(59)36(56)33(53)26(19-50)64-42/h10,21-22,24-28,30-43,49-50,52-61H,9,11-20H2,1-8H3/t21-,22-,24-,25-,26-,27-,28-,30+,31-,32-,33-,34-,35+,36+,37+,38-,39-,40-,41-,42+,43+,46+,47-,48+/m0/s1. The number of hydrogen-bond acceptors (Lipinski definition) is 19. The molecule has 3 saturated heterocycles. The van der Waals surface area contributed by atoms with Crippen LogP contribution in [0.25, 0.3) is 0 Å². The van der Waals surface area contributed by atoms with Gasteiger partial charge >= 0.3 is 0 Å². The Bertz CT molecular complexity index is 1750. The number of allylic oxidation sites excluding steroid dienone is 1. The molecule has 24 atom stereocenters. The number of aliphatic hydroxyl groups is 12. The average molecular weight is 961 g/mol. The summed E-state index contributed by atoms with van der Waals surface area (Å²) in [6.45, 7) is 14.5. The minimum Gasteiger partial charge on any atom is -0.394 e. The first kappa shape index (κ1) is 53.5. The van der Waals surface area contributed by atoms with E-state index in [4.69, 9.17) is 28.4 Å². The van der Waals surface area contributed by atoms with Crippen molar-refractivity contribution in [2.75, 3.05) is 19.8 Å². The summed E-state index contributed by atoms with van der Waals surface area (Å²) in [4.78, 5) is 15.0. The molecule has 0 aromatic rings. The largest absolute Gasteiger partial charge is 0.394 e. The van der Waals surface area contributed by atoms with Gasteiger partial charge in [-0.2, -0.15) is 0 Å². The van der Waals surface area contributed by atoms with Gasteiger partial charge in [-0.3, -0.25) is 4.79 Å². The second-order valence-corrected chi connectivity index (χ2v) is 22.9. The Morgan fingerprint density at radius 3 is 1.82 bits per heavy atom. The summed E-state index contributed by atoms with van der Waals surface area (Å²) in [5, 5.41) is 126. The number of aliphatic hydroxyl groups excluding tert-OH is 11. The molecule has 0 aromatic heterocycles. The molecule has 7 aliphatic rings. The molecule has 3 saturated carbocycles. The molecule has 3 aliphatic heterocycles. The van der Waals surface area contributed by atoms with E-state index in [0.29, 0.717) is 38.5 Å². The Morgan fingerprint density at radius 1 is 0.701 bits per heavy atom. The van der Waals surface area contributed by atoms with E-state index in [1.807, 2.05) is 0 Å². The van der Waals surface area contributed by atoms with Crippen molar-refractivity contribution in [3.05, 3.63) is 11.6 Å². The SMILES string of the molecule is C[C@@H](CC[C@H](O[C@H]1O[C@@H](CO[C@H]2O[C@@H](CO)[C@H](O)[C@@H](O)[C@@H]2O)[C@H](O)[C@@H](O)[C@@H]1O)C(C)(C)O)[C@@H]1CC[C@]2(C)[C@@H]3CC=C4[C@H](CC[C@@H](O[C@H]5O[C@@H](CO)[C@H](O)[C@@H](O)[C@@H]5O)C4(C)C)[C@@]3(C)C(=O)C[C@@]12C. The summed E-state index contributed by atoms with van der Waals surface area (Å²) in [6.07, 6.45) is -16.8. The van der Waals surface area contributed by atoms with Gasteiger partial charge in [0.1, 0.15) is 79.0 Å². The molecule has 4 aliphatic carbocycles. The lowest BCUT2D eigenvalue weighted by atomic mass is 9.38. The number of ketones is 1. The van der Waals surface area contributed by atoms with Crippen LogP contribution in [0.1, 0.15) is 107 Å². The molecule has 67 heavy (non-hydrogen) atoms. The maximum Gasteiger partial charge on any atom is 0.187 e. The number of fused-ring (bicyclic) bond motifs is 5. The molecule has 386 valence electrons. The molecular weight excluding hydrogens is 881 g/mol. The zero-order valence-corrected chi connectivity index (χ0v) is 40.2. The van der Waals surface area contributed by atoms with Gasteiger partial charge in [0, 0.05) is 17.3 Å². The van der Waals surface area contributed by atoms with Gasteiger partial charge in [0.05, 0.1) is 37.6 Å². The smallest absolute Gasteiger partial charge is 0.187 e. The van der Waals surface area contributed by atoms with Crippen LogP contribution in [-0.2, 0) is 33.2 Å². The van der Waals surface area contributed by atoms with E-state index in [1.54, 1.807) is 13.8 Å². The highest BCUT2D eigenvalue weighted by Gasteiger charge is 2.70. The predicted octanol–water partition coefficient (Wildman–Crippen LogP) is -0.848. The van der Waals surface area contributed by atoms with Crippen LogP contribution < -0.4 is 0 Å². The third-order valence-corrected chi connectivity index (χ3v) is 18.4. The van der Waals surface area contributed by atoms with Crippen molar-refractivity contribution >= 4 is 5.78 Å². The van der Waals surface area contributed by atoms with Crippen molar-refractivity contribution in [1.29, 1.82) is 0 Å². The minimum absolute atomic E-state index is 0.0400. The van der Waals surface area contributed by atoms with Gasteiger partial charge in [-0.1, -0.05) is 53.2 Å². The summed E-state index contributed by atoms with van der Waals surface area (Å²) in [5.41, 5.74) is -2.07. The molecule has 19 nitrogen and oxygen atoms in total. The van der Waals surface area contributed by atoms with Crippen molar-refractivity contribution in [2.45, 2.75) is 217 Å². The molecule has 0 bridgehead atoms. The van der Waals surface area contributed by atoms with E-state index in [9.17, 15) is 61.3 Å². The first-order chi connectivity index (χ1) is 31.2. The number of ether oxygens (including phenoxy) is 6. The van der Waals surface area contributed by atoms with Crippen molar-refractivity contribution in [2.24, 2.45) is 45.3 Å². The number of carbonyl (C=O) groups excluding carboxylic acids is 1. The molecule has 0 unspecified atom stereocenters. The Labute approximate surface area is 393 Å². The topological polar surface area (TPSA) is 315 Å². The third kappa shape index (κ3) is 9.15. The summed E-state index contributed by atoms with van der Waals surface area (Å²) < 4.78 is 35.3. The molecule has 7 rings (SSSR count). The van der Waals surface area contributed by atoms with Gasteiger partial charge in [0.15, 0.2) is 18.9 Å². The minimum atomic E-state index is -1.76. The maximum absolute atomic E-state index is 15.0. The first-order valence-electron chi connectivity index (χ1n) is 24.4. The molecule has 19 heteroatoms. The molecule has 12 N–H and O–H groups in total. The molecule has 0 amide bonds. The second kappa shape index (κ2) is 19.6. The molecular formula is C48H80O19. The van der Waals surface area contributed by atoms with E-state index in [1.165, 1.54) is 0 Å². The summed E-state index contributed by atoms with van der Waals surface area (Å²) >= 11 is 0. The molecule has 0 radical (unpaired) electrons. The zero-order chi connectivity index (χ0) is 49.5. The lowest BCUT2D eigenvalue weighted by Gasteiger charge is -2.65. The maximum atomic E-state index is 15.0. The number of hydrogen-bond donors (Lipinski definition) is 12. The predicted molar refractivity (Wildman–Crippen MR) is 234 cm³/mol. The average Bonchev–Trinajstić information content (AvgIpc) is 3.54. The van der Waals surface area contributed by atoms with Crippen LogP contribution in [0.4, 0.5) is 0 Å². The number of carbonyl (C=O) groups is 1. The normalized spacial score (nSPS) is 49.9. The highest BCUT2D eigenvalue weighted by molar-refractivity contribution is 5.88. The zero-order valence-electron chi connectivity index (χ0n) is 40.2. The van der Waals surface area contributed by atoms with Gasteiger partial charge in [-0.15, -0.1) is 0 Å². The van der Waals surface area contributed by atoms with Gasteiger partial charge < -0.3 is 89.7 Å². The fraction of sp³-hybridized carbons (Fsp3) is 0.938. The van der Waals surface area contributed by atoms with Crippen molar-refractivity contribution in [3.63, 3.8) is 0 Å². The second-order valence-electron chi connectivity index (χ2n) is 22.9. The van der Waals surface area contributed by atoms with Crippen molar-refractivity contribution in [1.82, 2.24) is 0 Å². The Morgan fingerprint density at radius 2 is 1.24 bits per heavy atom. The van der Waals surface area contributed by atoms with Crippen LogP contribution in [0, 0.1) is 45.3 Å².